The molecule has 0 fully saturated rings. The van der Waals surface area contributed by atoms with Crippen molar-refractivity contribution in [2.24, 2.45) is 0 Å². The zero-order valence-corrected chi connectivity index (χ0v) is 11.3. The number of rotatable bonds is 2. The summed E-state index contributed by atoms with van der Waals surface area (Å²) in [5.74, 6) is 0.221. The van der Waals surface area contributed by atoms with Gasteiger partial charge in [-0.15, -0.1) is 0 Å². The smallest absolute Gasteiger partial charge is 1.00 e. The molecule has 1 rings (SSSR count). The average molecular weight is 226 g/mol. The summed E-state index contributed by atoms with van der Waals surface area (Å²) in [6, 6.07) is 5.08. The van der Waals surface area contributed by atoms with Crippen molar-refractivity contribution >= 4 is 7.82 Å². The Morgan fingerprint density at radius 3 is 2.36 bits per heavy atom. The van der Waals surface area contributed by atoms with Crippen molar-refractivity contribution in [2.75, 3.05) is 0 Å². The molecule has 74 valence electrons. The van der Waals surface area contributed by atoms with Crippen molar-refractivity contribution in [1.82, 2.24) is 0 Å². The molecule has 0 radical (unpaired) electrons. The number of phosphoric ester groups is 1. The summed E-state index contributed by atoms with van der Waals surface area (Å²) in [6.45, 7) is 3.63. The number of hydrogen-bond acceptors (Lipinski definition) is 2. The minimum absolute atomic E-state index is 0. The molecule has 0 amide bonds. The predicted octanol–water partition coefficient (Wildman–Crippen LogP) is -1.11. The summed E-state index contributed by atoms with van der Waals surface area (Å²) < 4.78 is 15.0. The fourth-order valence-corrected chi connectivity index (χ4v) is 1.49. The molecule has 0 spiro atoms. The molecule has 0 aromatic heterocycles. The van der Waals surface area contributed by atoms with Crippen LogP contribution < -0.4 is 34.1 Å². The van der Waals surface area contributed by atoms with E-state index >= 15 is 0 Å². The van der Waals surface area contributed by atoms with E-state index in [1.165, 1.54) is 0 Å². The van der Waals surface area contributed by atoms with Crippen LogP contribution in [-0.2, 0) is 4.57 Å². The zero-order chi connectivity index (χ0) is 10.1. The monoisotopic (exact) mass is 226 g/mol. The van der Waals surface area contributed by atoms with Crippen LogP contribution in [0, 0.1) is 13.8 Å². The summed E-state index contributed by atoms with van der Waals surface area (Å²) >= 11 is 0. The van der Waals surface area contributed by atoms with Gasteiger partial charge in [0, 0.05) is 0 Å². The van der Waals surface area contributed by atoms with Crippen molar-refractivity contribution in [3.05, 3.63) is 29.3 Å². The van der Waals surface area contributed by atoms with Crippen LogP contribution in [-0.4, -0.2) is 9.79 Å². The van der Waals surface area contributed by atoms with Crippen molar-refractivity contribution in [3.8, 4) is 5.75 Å². The maximum absolute atomic E-state index is 10.5. The van der Waals surface area contributed by atoms with Crippen molar-refractivity contribution < 1.29 is 49.9 Å². The fourth-order valence-electron chi connectivity index (χ4n) is 1.03. The standard InChI is InChI=1S/C8H11O4P.Na.H/c1-6-3-4-8(7(2)5-6)12-13(9,10)11;;/h3-5H,1-2H3,(H2,9,10,11);;/q;+1;-1. The third kappa shape index (κ3) is 4.60. The Morgan fingerprint density at radius 1 is 1.36 bits per heavy atom. The molecule has 1 aromatic carbocycles. The Kier molecular flexibility index (Phi) is 5.37. The molecule has 0 aliphatic rings. The van der Waals surface area contributed by atoms with Gasteiger partial charge in [-0.1, -0.05) is 17.7 Å². The van der Waals surface area contributed by atoms with Gasteiger partial charge in [-0.05, 0) is 25.5 Å². The molecule has 0 unspecified atom stereocenters. The van der Waals surface area contributed by atoms with Gasteiger partial charge in [-0.3, -0.25) is 9.79 Å². The van der Waals surface area contributed by atoms with Gasteiger partial charge >= 0.3 is 37.4 Å². The second kappa shape index (κ2) is 5.31. The Bertz CT molecular complexity index is 366. The van der Waals surface area contributed by atoms with Crippen LogP contribution in [0.2, 0.25) is 0 Å². The number of benzene rings is 1. The van der Waals surface area contributed by atoms with Gasteiger partial charge in [-0.2, -0.15) is 0 Å². The molecule has 4 nitrogen and oxygen atoms in total. The molecule has 0 heterocycles. The summed E-state index contributed by atoms with van der Waals surface area (Å²) in [6.07, 6.45) is 0. The van der Waals surface area contributed by atoms with E-state index in [9.17, 15) is 4.57 Å². The minimum Gasteiger partial charge on any atom is -1.00 e. The van der Waals surface area contributed by atoms with E-state index in [0.717, 1.165) is 5.56 Å². The van der Waals surface area contributed by atoms with E-state index in [2.05, 4.69) is 4.52 Å². The summed E-state index contributed by atoms with van der Waals surface area (Å²) in [5, 5.41) is 0. The third-order valence-corrected chi connectivity index (χ3v) is 1.98. The molecule has 0 aliphatic carbocycles. The molecule has 2 N–H and O–H groups in total. The molecule has 1 aromatic rings. The van der Waals surface area contributed by atoms with E-state index in [4.69, 9.17) is 9.79 Å². The van der Waals surface area contributed by atoms with Gasteiger partial charge < -0.3 is 5.95 Å². The summed E-state index contributed by atoms with van der Waals surface area (Å²) in [4.78, 5) is 17.1. The van der Waals surface area contributed by atoms with Crippen LogP contribution in [0.4, 0.5) is 0 Å². The Morgan fingerprint density at radius 2 is 1.93 bits per heavy atom. The third-order valence-electron chi connectivity index (χ3n) is 1.55. The maximum atomic E-state index is 10.5. The van der Waals surface area contributed by atoms with Crippen LogP contribution >= 0.6 is 7.82 Å². The SMILES string of the molecule is Cc1ccc(OP(=O)(O)O)c(C)c1.[H-].[Na+]. The van der Waals surface area contributed by atoms with Crippen molar-refractivity contribution in [3.63, 3.8) is 0 Å². The molecule has 0 saturated carbocycles. The maximum Gasteiger partial charge on any atom is 1.00 e. The van der Waals surface area contributed by atoms with E-state index in [1.54, 1.807) is 25.1 Å². The van der Waals surface area contributed by atoms with E-state index in [0.29, 0.717) is 5.56 Å². The predicted molar refractivity (Wildman–Crippen MR) is 49.7 cm³/mol. The normalized spacial score (nSPS) is 10.6. The second-order valence-electron chi connectivity index (χ2n) is 2.85. The van der Waals surface area contributed by atoms with Gasteiger partial charge in [0.05, 0.1) is 0 Å². The molecule has 0 bridgehead atoms. The topological polar surface area (TPSA) is 66.8 Å². The van der Waals surface area contributed by atoms with Crippen LogP contribution in [0.25, 0.3) is 0 Å². The first-order valence-electron chi connectivity index (χ1n) is 3.71. The quantitative estimate of drug-likeness (QED) is 0.496. The Labute approximate surface area is 106 Å². The van der Waals surface area contributed by atoms with Crippen LogP contribution in [0.15, 0.2) is 18.2 Å². The number of aryl methyl sites for hydroxylation is 2. The average Bonchev–Trinajstić information content (AvgIpc) is 1.93. The number of phosphoric acid groups is 1. The van der Waals surface area contributed by atoms with E-state index < -0.39 is 7.82 Å². The first-order valence-corrected chi connectivity index (χ1v) is 5.24. The minimum atomic E-state index is -4.43. The van der Waals surface area contributed by atoms with E-state index in [1.807, 2.05) is 6.92 Å². The van der Waals surface area contributed by atoms with Gasteiger partial charge in [-0.25, -0.2) is 4.57 Å². The molecule has 0 atom stereocenters. The molecular weight excluding hydrogens is 214 g/mol. The van der Waals surface area contributed by atoms with Crippen LogP contribution in [0.3, 0.4) is 0 Å². The second-order valence-corrected chi connectivity index (χ2v) is 4.01. The summed E-state index contributed by atoms with van der Waals surface area (Å²) in [7, 11) is -4.43. The molecule has 6 heteroatoms. The van der Waals surface area contributed by atoms with E-state index in [-0.39, 0.29) is 36.7 Å². The van der Waals surface area contributed by atoms with Crippen LogP contribution in [0.1, 0.15) is 12.6 Å². The van der Waals surface area contributed by atoms with Gasteiger partial charge in [0.15, 0.2) is 0 Å². The molecule has 0 saturated heterocycles. The first kappa shape index (κ1) is 14.2. The zero-order valence-electron chi connectivity index (χ0n) is 9.39. The largest absolute Gasteiger partial charge is 1.00 e. The first-order chi connectivity index (χ1) is 5.88. The van der Waals surface area contributed by atoms with Crippen molar-refractivity contribution in [1.29, 1.82) is 0 Å². The van der Waals surface area contributed by atoms with Gasteiger partial charge in [0.1, 0.15) is 5.75 Å². The van der Waals surface area contributed by atoms with Gasteiger partial charge in [0.2, 0.25) is 0 Å². The van der Waals surface area contributed by atoms with Crippen molar-refractivity contribution in [2.45, 2.75) is 13.8 Å². The Balaban J connectivity index is 0. The molecular formula is C8H12NaO4P. The van der Waals surface area contributed by atoms with Gasteiger partial charge in [0.25, 0.3) is 0 Å². The molecule has 14 heavy (non-hydrogen) atoms. The molecule has 0 aliphatic heterocycles. The fraction of sp³-hybridized carbons (Fsp3) is 0.250. The summed E-state index contributed by atoms with van der Waals surface area (Å²) in [5.41, 5.74) is 1.74. The number of hydrogen-bond donors (Lipinski definition) is 2. The Hall–Kier alpha value is 0.170. The van der Waals surface area contributed by atoms with Crippen LogP contribution in [0.5, 0.6) is 5.75 Å².